The molecule has 1 rings (SSSR count). The van der Waals surface area contributed by atoms with Crippen LogP contribution in [0.2, 0.25) is 0 Å². The van der Waals surface area contributed by atoms with Gasteiger partial charge in [-0.1, -0.05) is 24.3 Å². The van der Waals surface area contributed by atoms with Gasteiger partial charge in [-0.3, -0.25) is 9.11 Å². The fourth-order valence-corrected chi connectivity index (χ4v) is 0.839. The molecule has 0 atom stereocenters. The Morgan fingerprint density at radius 1 is 0.944 bits per heavy atom. The molecule has 0 amide bonds. The molecule has 1 aromatic rings. The van der Waals surface area contributed by atoms with Crippen molar-refractivity contribution >= 4 is 60.1 Å². The first-order chi connectivity index (χ1) is 7.63. The molecule has 0 spiro atoms. The minimum absolute atomic E-state index is 0. The summed E-state index contributed by atoms with van der Waals surface area (Å²) in [5.74, 6) is -3.04. The molecule has 0 bridgehead atoms. The maximum absolute atomic E-state index is 10.3. The molecule has 0 aliphatic rings. The maximum atomic E-state index is 10.3. The van der Waals surface area contributed by atoms with Gasteiger partial charge >= 0.3 is 48.1 Å². The minimum atomic E-state index is -4.67. The molecule has 18 heavy (non-hydrogen) atoms. The molecule has 0 unspecified atom stereocenters. The number of carboxylic acids is 2. The minimum Gasteiger partial charge on any atom is -0.545 e. The average molecular weight is 302 g/mol. The summed E-state index contributed by atoms with van der Waals surface area (Å²) in [6.07, 6.45) is 0. The molecule has 1 aromatic carbocycles. The predicted octanol–water partition coefficient (Wildman–Crippen LogP) is -2.62. The molecule has 8 nitrogen and oxygen atoms in total. The van der Waals surface area contributed by atoms with Crippen molar-refractivity contribution in [3.8, 4) is 0 Å². The smallest absolute Gasteiger partial charge is 0.545 e. The summed E-state index contributed by atoms with van der Waals surface area (Å²) >= 11 is 0. The van der Waals surface area contributed by atoms with Crippen molar-refractivity contribution in [2.75, 3.05) is 0 Å². The first-order valence-corrected chi connectivity index (χ1v) is 5.24. The number of benzene rings is 1. The van der Waals surface area contributed by atoms with Crippen LogP contribution in [0.5, 0.6) is 0 Å². The summed E-state index contributed by atoms with van der Waals surface area (Å²) in [6.45, 7) is 0. The van der Waals surface area contributed by atoms with E-state index in [4.69, 9.17) is 17.5 Å². The molecular formula is C8H6CaO8S. The number of aromatic carboxylic acids is 2. The van der Waals surface area contributed by atoms with Gasteiger partial charge < -0.3 is 19.8 Å². The molecule has 2 N–H and O–H groups in total. The Labute approximate surface area is 132 Å². The zero-order chi connectivity index (χ0) is 13.6. The SMILES string of the molecule is O=C([O-])c1ccccc1C(=O)[O-].O=S(=O)(O)O.[Ca+2]. The molecule has 0 saturated heterocycles. The molecule has 0 heterocycles. The fourth-order valence-electron chi connectivity index (χ4n) is 0.839. The zero-order valence-corrected chi connectivity index (χ0v) is 11.8. The summed E-state index contributed by atoms with van der Waals surface area (Å²) in [5, 5.41) is 20.6. The number of carbonyl (C=O) groups excluding carboxylic acids is 2. The van der Waals surface area contributed by atoms with Crippen molar-refractivity contribution < 1.29 is 37.3 Å². The molecule has 0 aliphatic carbocycles. The fraction of sp³-hybridized carbons (Fsp3) is 0. The Bertz CT molecular complexity index is 483. The number of hydrogen-bond acceptors (Lipinski definition) is 6. The van der Waals surface area contributed by atoms with E-state index in [-0.39, 0.29) is 48.9 Å². The van der Waals surface area contributed by atoms with Gasteiger partial charge in [0.05, 0.1) is 11.9 Å². The van der Waals surface area contributed by atoms with Crippen LogP contribution >= 0.6 is 0 Å². The molecule has 0 radical (unpaired) electrons. The largest absolute Gasteiger partial charge is 2.00 e. The Morgan fingerprint density at radius 2 is 1.17 bits per heavy atom. The summed E-state index contributed by atoms with van der Waals surface area (Å²) in [4.78, 5) is 20.6. The van der Waals surface area contributed by atoms with Gasteiger partial charge in [0.15, 0.2) is 0 Å². The quantitative estimate of drug-likeness (QED) is 0.444. The normalized spacial score (nSPS) is 9.44. The van der Waals surface area contributed by atoms with Gasteiger partial charge in [0.25, 0.3) is 0 Å². The summed E-state index contributed by atoms with van der Waals surface area (Å²) < 4.78 is 31.6. The van der Waals surface area contributed by atoms with E-state index in [2.05, 4.69) is 0 Å². The van der Waals surface area contributed by atoms with Gasteiger partial charge in [-0.05, 0) is 0 Å². The van der Waals surface area contributed by atoms with Crippen molar-refractivity contribution in [3.63, 3.8) is 0 Å². The van der Waals surface area contributed by atoms with Crippen LogP contribution in [-0.2, 0) is 10.4 Å². The van der Waals surface area contributed by atoms with Gasteiger partial charge in [-0.25, -0.2) is 0 Å². The molecular weight excluding hydrogens is 296 g/mol. The average Bonchev–Trinajstić information content (AvgIpc) is 2.15. The molecule has 0 aromatic heterocycles. The summed E-state index contributed by atoms with van der Waals surface area (Å²) in [7, 11) is -4.67. The second-order valence-corrected chi connectivity index (χ2v) is 3.46. The Balaban J connectivity index is 0. The number of rotatable bonds is 2. The van der Waals surface area contributed by atoms with Gasteiger partial charge in [0.2, 0.25) is 0 Å². The van der Waals surface area contributed by atoms with Crippen LogP contribution in [0.1, 0.15) is 20.7 Å². The van der Waals surface area contributed by atoms with E-state index in [1.54, 1.807) is 0 Å². The van der Waals surface area contributed by atoms with Gasteiger partial charge in [-0.15, -0.1) is 0 Å². The van der Waals surface area contributed by atoms with Crippen molar-refractivity contribution in [1.82, 2.24) is 0 Å². The van der Waals surface area contributed by atoms with Crippen LogP contribution < -0.4 is 10.2 Å². The van der Waals surface area contributed by atoms with Gasteiger partial charge in [-0.2, -0.15) is 8.42 Å². The predicted molar refractivity (Wildman–Crippen MR) is 55.0 cm³/mol. The van der Waals surface area contributed by atoms with Crippen LogP contribution in [0.25, 0.3) is 0 Å². The van der Waals surface area contributed by atoms with Crippen LogP contribution in [0, 0.1) is 0 Å². The van der Waals surface area contributed by atoms with Crippen LogP contribution in [0.3, 0.4) is 0 Å². The number of carboxylic acid groups (broad SMARTS) is 2. The van der Waals surface area contributed by atoms with E-state index in [0.717, 1.165) is 12.1 Å². The van der Waals surface area contributed by atoms with E-state index < -0.39 is 22.3 Å². The van der Waals surface area contributed by atoms with Crippen molar-refractivity contribution in [2.24, 2.45) is 0 Å². The third kappa shape index (κ3) is 9.33. The molecule has 0 aliphatic heterocycles. The van der Waals surface area contributed by atoms with E-state index >= 15 is 0 Å². The van der Waals surface area contributed by atoms with E-state index in [1.807, 2.05) is 0 Å². The first kappa shape index (κ1) is 19.6. The van der Waals surface area contributed by atoms with E-state index in [1.165, 1.54) is 12.1 Å². The van der Waals surface area contributed by atoms with E-state index in [0.29, 0.717) is 0 Å². The van der Waals surface area contributed by atoms with Gasteiger partial charge in [0.1, 0.15) is 0 Å². The first-order valence-electron chi connectivity index (χ1n) is 3.84. The Morgan fingerprint density at radius 3 is 1.33 bits per heavy atom. The number of carbonyl (C=O) groups is 2. The van der Waals surface area contributed by atoms with Crippen LogP contribution in [0.4, 0.5) is 0 Å². The third-order valence-corrected chi connectivity index (χ3v) is 1.37. The monoisotopic (exact) mass is 302 g/mol. The summed E-state index contributed by atoms with van der Waals surface area (Å²) in [5.41, 5.74) is -0.727. The van der Waals surface area contributed by atoms with E-state index in [9.17, 15) is 19.8 Å². The maximum Gasteiger partial charge on any atom is 2.00 e. The molecule has 0 saturated carbocycles. The Kier molecular flexibility index (Phi) is 9.16. The zero-order valence-electron chi connectivity index (χ0n) is 8.77. The molecule has 94 valence electrons. The van der Waals surface area contributed by atoms with Crippen LogP contribution in [0.15, 0.2) is 24.3 Å². The molecule has 10 heteroatoms. The van der Waals surface area contributed by atoms with Crippen molar-refractivity contribution in [1.29, 1.82) is 0 Å². The summed E-state index contributed by atoms with van der Waals surface area (Å²) in [6, 6.07) is 5.14. The molecule has 0 fully saturated rings. The number of hydrogen-bond donors (Lipinski definition) is 2. The topological polar surface area (TPSA) is 155 Å². The second kappa shape index (κ2) is 8.40. The van der Waals surface area contributed by atoms with Crippen molar-refractivity contribution in [3.05, 3.63) is 35.4 Å². The van der Waals surface area contributed by atoms with Crippen molar-refractivity contribution in [2.45, 2.75) is 0 Å². The van der Waals surface area contributed by atoms with Gasteiger partial charge in [0, 0.05) is 11.1 Å². The van der Waals surface area contributed by atoms with Crippen LogP contribution in [-0.4, -0.2) is 67.2 Å². The Hall–Kier alpha value is -0.710. The standard InChI is InChI=1S/C8H6O4.Ca.H2O4S/c9-7(10)5-3-1-2-4-6(5)8(11)12;;1-5(2,3)4/h1-4H,(H,9,10)(H,11,12);;(H2,1,2,3,4)/q;+2;/p-2. The third-order valence-electron chi connectivity index (χ3n) is 1.37. The second-order valence-electron chi connectivity index (χ2n) is 2.57.